The maximum absolute atomic E-state index is 12.8. The summed E-state index contributed by atoms with van der Waals surface area (Å²) < 4.78 is 0. The Morgan fingerprint density at radius 2 is 2.15 bits per heavy atom. The van der Waals surface area contributed by atoms with Crippen LogP contribution in [0.1, 0.15) is 30.6 Å². The van der Waals surface area contributed by atoms with Gasteiger partial charge in [0.05, 0.1) is 18.2 Å². The average molecular weight is 370 g/mol. The van der Waals surface area contributed by atoms with E-state index in [9.17, 15) is 9.59 Å². The van der Waals surface area contributed by atoms with Crippen LogP contribution in [0.4, 0.5) is 9.93 Å². The molecule has 136 valence electrons. The summed E-state index contributed by atoms with van der Waals surface area (Å²) in [4.78, 5) is 32.8. The number of rotatable bonds is 4. The molecule has 0 radical (unpaired) electrons. The van der Waals surface area contributed by atoms with Gasteiger partial charge in [0.25, 0.3) is 0 Å². The molecule has 4 rings (SSSR count). The molecule has 0 aliphatic carbocycles. The second-order valence-electron chi connectivity index (χ2n) is 6.91. The van der Waals surface area contributed by atoms with E-state index in [4.69, 9.17) is 0 Å². The van der Waals surface area contributed by atoms with E-state index in [0.29, 0.717) is 24.1 Å². The molecule has 3 amide bonds. The number of nitrogens with zero attached hydrogens (tertiary/aromatic N) is 3. The number of urea groups is 1. The number of hydrogen-bond donors (Lipinski definition) is 1. The minimum atomic E-state index is -0.107. The zero-order chi connectivity index (χ0) is 18.1. The predicted octanol–water partition coefficient (Wildman–Crippen LogP) is 2.82. The first-order chi connectivity index (χ1) is 12.6. The molecule has 7 heteroatoms. The molecule has 26 heavy (non-hydrogen) atoms. The minimum absolute atomic E-state index is 0.0944. The number of thiazole rings is 1. The summed E-state index contributed by atoms with van der Waals surface area (Å²) in [5, 5.41) is 5.38. The number of benzene rings is 1. The van der Waals surface area contributed by atoms with Gasteiger partial charge in [0.1, 0.15) is 0 Å². The molecule has 1 aromatic heterocycles. The summed E-state index contributed by atoms with van der Waals surface area (Å²) in [5.74, 6) is 0.557. The van der Waals surface area contributed by atoms with Gasteiger partial charge in [-0.25, -0.2) is 9.78 Å². The number of nitrogens with one attached hydrogen (secondary N) is 1. The van der Waals surface area contributed by atoms with Crippen molar-refractivity contribution in [2.45, 2.75) is 25.8 Å². The summed E-state index contributed by atoms with van der Waals surface area (Å²) in [6, 6.07) is 10.2. The van der Waals surface area contributed by atoms with Gasteiger partial charge < -0.3 is 10.2 Å². The molecule has 3 heterocycles. The molecule has 0 bridgehead atoms. The van der Waals surface area contributed by atoms with Gasteiger partial charge in [-0.2, -0.15) is 0 Å². The van der Waals surface area contributed by atoms with Crippen molar-refractivity contribution >= 4 is 28.4 Å². The molecule has 2 saturated heterocycles. The molecule has 2 aliphatic rings. The Bertz CT molecular complexity index is 807. The molecule has 1 aromatic carbocycles. The molecule has 0 spiro atoms. The quantitative estimate of drug-likeness (QED) is 0.900. The topological polar surface area (TPSA) is 65.5 Å². The molecule has 0 unspecified atom stereocenters. The highest BCUT2D eigenvalue weighted by Crippen LogP contribution is 2.38. The molecule has 2 aliphatic heterocycles. The van der Waals surface area contributed by atoms with Crippen molar-refractivity contribution in [3.63, 3.8) is 0 Å². The van der Waals surface area contributed by atoms with Crippen LogP contribution in [0.5, 0.6) is 0 Å². The van der Waals surface area contributed by atoms with Crippen LogP contribution in [0.15, 0.2) is 35.7 Å². The molecular weight excluding hydrogens is 348 g/mol. The van der Waals surface area contributed by atoms with Gasteiger partial charge in [0, 0.05) is 25.0 Å². The molecule has 2 fully saturated rings. The van der Waals surface area contributed by atoms with Crippen molar-refractivity contribution in [3.05, 3.63) is 47.0 Å². The second kappa shape index (κ2) is 7.07. The largest absolute Gasteiger partial charge is 0.338 e. The number of aromatic nitrogens is 1. The second-order valence-corrected chi connectivity index (χ2v) is 7.75. The number of likely N-dealkylation sites (tertiary alicyclic amines) is 1. The molecule has 1 N–H and O–H groups in total. The molecule has 2 atom stereocenters. The lowest BCUT2D eigenvalue weighted by molar-refractivity contribution is -0.142. The first-order valence-electron chi connectivity index (χ1n) is 8.97. The fourth-order valence-electron chi connectivity index (χ4n) is 3.68. The maximum atomic E-state index is 12.8. The zero-order valence-corrected chi connectivity index (χ0v) is 15.5. The fourth-order valence-corrected chi connectivity index (χ4v) is 4.53. The van der Waals surface area contributed by atoms with Crippen LogP contribution in [0.2, 0.25) is 0 Å². The lowest BCUT2D eigenvalue weighted by Crippen LogP contribution is -2.52. The van der Waals surface area contributed by atoms with Crippen LogP contribution in [-0.4, -0.2) is 41.5 Å². The Labute approximate surface area is 156 Å². The average Bonchev–Trinajstić information content (AvgIpc) is 3.09. The standard InChI is InChI=1S/C19H22N4O2S/c1-13-11-23(17(13)14-6-3-2-4-7-14)16(24)10-15-12-26-19(21-15)22-9-5-8-20-18(22)25/h2-4,6-7,12-13,17H,5,8-11H2,1H3,(H,20,25)/t13-,17-/m0/s1. The molecule has 2 aromatic rings. The smallest absolute Gasteiger partial charge is 0.323 e. The lowest BCUT2D eigenvalue weighted by Gasteiger charge is -2.47. The van der Waals surface area contributed by atoms with E-state index in [-0.39, 0.29) is 24.4 Å². The van der Waals surface area contributed by atoms with Crippen LogP contribution in [0.25, 0.3) is 0 Å². The van der Waals surface area contributed by atoms with Gasteiger partial charge in [-0.05, 0) is 17.9 Å². The Hall–Kier alpha value is -2.41. The summed E-state index contributed by atoms with van der Waals surface area (Å²) in [7, 11) is 0. The number of carbonyl (C=O) groups excluding carboxylic acids is 2. The van der Waals surface area contributed by atoms with Crippen molar-refractivity contribution in [1.29, 1.82) is 0 Å². The van der Waals surface area contributed by atoms with Crippen LogP contribution in [0.3, 0.4) is 0 Å². The minimum Gasteiger partial charge on any atom is -0.338 e. The Kier molecular flexibility index (Phi) is 4.63. The van der Waals surface area contributed by atoms with Gasteiger partial charge in [-0.1, -0.05) is 37.3 Å². The van der Waals surface area contributed by atoms with E-state index in [1.165, 1.54) is 16.9 Å². The van der Waals surface area contributed by atoms with Gasteiger partial charge >= 0.3 is 6.03 Å². The molecule has 6 nitrogen and oxygen atoms in total. The number of carbonyl (C=O) groups is 2. The Morgan fingerprint density at radius 3 is 2.88 bits per heavy atom. The molecule has 0 saturated carbocycles. The van der Waals surface area contributed by atoms with Gasteiger partial charge in [0.2, 0.25) is 5.91 Å². The lowest BCUT2D eigenvalue weighted by atomic mass is 9.84. The van der Waals surface area contributed by atoms with Crippen LogP contribution in [-0.2, 0) is 11.2 Å². The van der Waals surface area contributed by atoms with Crippen molar-refractivity contribution in [2.24, 2.45) is 5.92 Å². The predicted molar refractivity (Wildman–Crippen MR) is 101 cm³/mol. The van der Waals surface area contributed by atoms with E-state index < -0.39 is 0 Å². The summed E-state index contributed by atoms with van der Waals surface area (Å²) >= 11 is 1.42. The zero-order valence-electron chi connectivity index (χ0n) is 14.7. The van der Waals surface area contributed by atoms with Crippen LogP contribution < -0.4 is 10.2 Å². The third-order valence-electron chi connectivity index (χ3n) is 5.00. The maximum Gasteiger partial charge on any atom is 0.323 e. The summed E-state index contributed by atoms with van der Waals surface area (Å²) in [6.45, 7) is 4.34. The molecular formula is C19H22N4O2S. The van der Waals surface area contributed by atoms with Gasteiger partial charge in [0.15, 0.2) is 5.13 Å². The van der Waals surface area contributed by atoms with Crippen molar-refractivity contribution in [3.8, 4) is 0 Å². The summed E-state index contributed by atoms with van der Waals surface area (Å²) in [6.07, 6.45) is 1.19. The van der Waals surface area contributed by atoms with E-state index in [0.717, 1.165) is 18.7 Å². The normalized spacial score (nSPS) is 22.7. The third-order valence-corrected chi connectivity index (χ3v) is 5.92. The first kappa shape index (κ1) is 17.0. The van der Waals surface area contributed by atoms with Crippen molar-refractivity contribution in [1.82, 2.24) is 15.2 Å². The first-order valence-corrected chi connectivity index (χ1v) is 9.85. The van der Waals surface area contributed by atoms with Crippen LogP contribution >= 0.6 is 11.3 Å². The number of amides is 3. The summed E-state index contributed by atoms with van der Waals surface area (Å²) in [5.41, 5.74) is 1.92. The van der Waals surface area contributed by atoms with Crippen molar-refractivity contribution < 1.29 is 9.59 Å². The highest BCUT2D eigenvalue weighted by Gasteiger charge is 2.39. The van der Waals surface area contributed by atoms with E-state index >= 15 is 0 Å². The number of anilines is 1. The highest BCUT2D eigenvalue weighted by atomic mass is 32.1. The highest BCUT2D eigenvalue weighted by molar-refractivity contribution is 7.14. The van der Waals surface area contributed by atoms with E-state index in [1.807, 2.05) is 28.5 Å². The Morgan fingerprint density at radius 1 is 1.35 bits per heavy atom. The van der Waals surface area contributed by atoms with Crippen LogP contribution in [0, 0.1) is 5.92 Å². The van der Waals surface area contributed by atoms with Crippen molar-refractivity contribution in [2.75, 3.05) is 24.5 Å². The van der Waals surface area contributed by atoms with E-state index in [1.54, 1.807) is 4.90 Å². The Balaban J connectivity index is 1.43. The monoisotopic (exact) mass is 370 g/mol. The number of hydrogen-bond acceptors (Lipinski definition) is 4. The third kappa shape index (κ3) is 3.19. The van der Waals surface area contributed by atoms with Gasteiger partial charge in [-0.15, -0.1) is 11.3 Å². The fraction of sp³-hybridized carbons (Fsp3) is 0.421. The van der Waals surface area contributed by atoms with Gasteiger partial charge in [-0.3, -0.25) is 9.69 Å². The van der Waals surface area contributed by atoms with E-state index in [2.05, 4.69) is 29.4 Å². The SMILES string of the molecule is C[C@H]1CN(C(=O)Cc2csc(N3CCCNC3=O)n2)[C@@H]1c1ccccc1.